The quantitative estimate of drug-likeness (QED) is 0.799. The summed E-state index contributed by atoms with van der Waals surface area (Å²) < 4.78 is 1.29. The average Bonchev–Trinajstić information content (AvgIpc) is 2.37. The van der Waals surface area contributed by atoms with E-state index in [-0.39, 0.29) is 6.04 Å². The van der Waals surface area contributed by atoms with Gasteiger partial charge < -0.3 is 5.73 Å². The van der Waals surface area contributed by atoms with E-state index in [0.717, 1.165) is 6.42 Å². The Hall–Kier alpha value is -0.870. The summed E-state index contributed by atoms with van der Waals surface area (Å²) in [5.41, 5.74) is 12.9. The highest BCUT2D eigenvalue weighted by Gasteiger charge is 2.13. The minimum atomic E-state index is 0.0623. The van der Waals surface area contributed by atoms with Crippen LogP contribution in [0.3, 0.4) is 0 Å². The van der Waals surface area contributed by atoms with Crippen molar-refractivity contribution >= 4 is 22.6 Å². The maximum atomic E-state index is 6.41. The molecule has 1 atom stereocenters. The van der Waals surface area contributed by atoms with E-state index in [1.807, 2.05) is 0 Å². The molecule has 0 aliphatic rings. The zero-order valence-corrected chi connectivity index (χ0v) is 13.9. The summed E-state index contributed by atoms with van der Waals surface area (Å²) in [6.45, 7) is 6.42. The van der Waals surface area contributed by atoms with E-state index < -0.39 is 0 Å². The van der Waals surface area contributed by atoms with Crippen LogP contribution in [0.5, 0.6) is 0 Å². The number of benzene rings is 2. The van der Waals surface area contributed by atoms with Gasteiger partial charge in [0, 0.05) is 9.61 Å². The molecular formula is C17H20IN. The van der Waals surface area contributed by atoms with Crippen LogP contribution >= 0.6 is 22.6 Å². The van der Waals surface area contributed by atoms with Gasteiger partial charge in [-0.2, -0.15) is 0 Å². The van der Waals surface area contributed by atoms with Gasteiger partial charge in [0.1, 0.15) is 0 Å². The zero-order valence-electron chi connectivity index (χ0n) is 11.7. The van der Waals surface area contributed by atoms with Gasteiger partial charge in [0.15, 0.2) is 0 Å². The summed E-state index contributed by atoms with van der Waals surface area (Å²) in [6, 6.07) is 13.0. The molecule has 19 heavy (non-hydrogen) atoms. The zero-order chi connectivity index (χ0) is 14.0. The molecule has 2 aromatic rings. The van der Waals surface area contributed by atoms with Gasteiger partial charge in [0.25, 0.3) is 0 Å². The van der Waals surface area contributed by atoms with Crippen LogP contribution in [0.2, 0.25) is 0 Å². The van der Waals surface area contributed by atoms with Gasteiger partial charge >= 0.3 is 0 Å². The molecule has 2 aromatic carbocycles. The van der Waals surface area contributed by atoms with Gasteiger partial charge in [-0.3, -0.25) is 0 Å². The van der Waals surface area contributed by atoms with Crippen molar-refractivity contribution in [2.24, 2.45) is 5.73 Å². The van der Waals surface area contributed by atoms with E-state index in [9.17, 15) is 0 Å². The fraction of sp³-hybridized carbons (Fsp3) is 0.294. The first-order valence-corrected chi connectivity index (χ1v) is 7.63. The fourth-order valence-corrected chi connectivity index (χ4v) is 3.08. The van der Waals surface area contributed by atoms with Crippen LogP contribution in [0.4, 0.5) is 0 Å². The van der Waals surface area contributed by atoms with Crippen LogP contribution in [-0.4, -0.2) is 0 Å². The molecule has 0 saturated heterocycles. The van der Waals surface area contributed by atoms with E-state index in [2.05, 4.69) is 79.8 Å². The molecule has 2 heteroatoms. The number of nitrogens with two attached hydrogens (primary N) is 1. The monoisotopic (exact) mass is 365 g/mol. The topological polar surface area (TPSA) is 26.0 Å². The van der Waals surface area contributed by atoms with E-state index in [4.69, 9.17) is 5.73 Å². The molecule has 0 aliphatic heterocycles. The standard InChI is InChI=1S/C17H20IN/c1-11-7-8-12(2)14(9-11)10-16(19)15-6-4-5-13(3)17(15)18/h4-9,16H,10,19H2,1-3H3. The maximum Gasteiger partial charge on any atom is 0.0346 e. The Morgan fingerprint density at radius 2 is 1.79 bits per heavy atom. The smallest absolute Gasteiger partial charge is 0.0346 e. The van der Waals surface area contributed by atoms with Gasteiger partial charge in [-0.05, 0) is 72.0 Å². The maximum absolute atomic E-state index is 6.41. The first-order valence-electron chi connectivity index (χ1n) is 6.55. The van der Waals surface area contributed by atoms with E-state index >= 15 is 0 Å². The lowest BCUT2D eigenvalue weighted by Crippen LogP contribution is -2.16. The van der Waals surface area contributed by atoms with E-state index in [1.165, 1.54) is 31.4 Å². The molecule has 0 aromatic heterocycles. The van der Waals surface area contributed by atoms with Crippen molar-refractivity contribution < 1.29 is 0 Å². The first kappa shape index (κ1) is 14.5. The third-order valence-electron chi connectivity index (χ3n) is 3.57. The van der Waals surface area contributed by atoms with Gasteiger partial charge in [0.05, 0.1) is 0 Å². The average molecular weight is 365 g/mol. The second-order valence-corrected chi connectivity index (χ2v) is 6.30. The third-order valence-corrected chi connectivity index (χ3v) is 5.04. The Labute approximate surface area is 129 Å². The number of hydrogen-bond donors (Lipinski definition) is 1. The predicted octanol–water partition coefficient (Wildman–Crippen LogP) is 4.46. The molecule has 0 bridgehead atoms. The van der Waals surface area contributed by atoms with Gasteiger partial charge in [0.2, 0.25) is 0 Å². The predicted molar refractivity (Wildman–Crippen MR) is 90.4 cm³/mol. The number of rotatable bonds is 3. The molecule has 0 amide bonds. The molecule has 2 N–H and O–H groups in total. The number of aryl methyl sites for hydroxylation is 3. The van der Waals surface area contributed by atoms with Crippen LogP contribution in [0.1, 0.15) is 33.9 Å². The normalized spacial score (nSPS) is 12.5. The molecule has 0 aliphatic carbocycles. The summed E-state index contributed by atoms with van der Waals surface area (Å²) in [7, 11) is 0. The summed E-state index contributed by atoms with van der Waals surface area (Å²) >= 11 is 2.40. The lowest BCUT2D eigenvalue weighted by molar-refractivity contribution is 0.713. The molecular weight excluding hydrogens is 345 g/mol. The van der Waals surface area contributed by atoms with Crippen LogP contribution in [-0.2, 0) is 6.42 Å². The van der Waals surface area contributed by atoms with Crippen molar-refractivity contribution in [3.63, 3.8) is 0 Å². The summed E-state index contributed by atoms with van der Waals surface area (Å²) in [5.74, 6) is 0. The molecule has 0 radical (unpaired) electrons. The van der Waals surface area contributed by atoms with E-state index in [1.54, 1.807) is 0 Å². The molecule has 1 nitrogen and oxygen atoms in total. The third kappa shape index (κ3) is 3.37. The van der Waals surface area contributed by atoms with Crippen molar-refractivity contribution in [1.82, 2.24) is 0 Å². The molecule has 0 saturated carbocycles. The van der Waals surface area contributed by atoms with Crippen molar-refractivity contribution in [3.8, 4) is 0 Å². The highest BCUT2D eigenvalue weighted by molar-refractivity contribution is 14.1. The molecule has 0 spiro atoms. The van der Waals surface area contributed by atoms with Crippen molar-refractivity contribution in [2.75, 3.05) is 0 Å². The van der Waals surface area contributed by atoms with Gasteiger partial charge in [-0.15, -0.1) is 0 Å². The van der Waals surface area contributed by atoms with E-state index in [0.29, 0.717) is 0 Å². The minimum Gasteiger partial charge on any atom is -0.324 e. The molecule has 100 valence electrons. The van der Waals surface area contributed by atoms with Crippen molar-refractivity contribution in [2.45, 2.75) is 33.2 Å². The van der Waals surface area contributed by atoms with Gasteiger partial charge in [-0.25, -0.2) is 0 Å². The molecule has 2 rings (SSSR count). The first-order chi connectivity index (χ1) is 8.99. The highest BCUT2D eigenvalue weighted by Crippen LogP contribution is 2.25. The van der Waals surface area contributed by atoms with Crippen LogP contribution in [0, 0.1) is 24.3 Å². The minimum absolute atomic E-state index is 0.0623. The second-order valence-electron chi connectivity index (χ2n) is 5.22. The Kier molecular flexibility index (Phi) is 4.63. The Bertz CT molecular complexity index is 590. The molecule has 0 fully saturated rings. The van der Waals surface area contributed by atoms with Crippen molar-refractivity contribution in [3.05, 3.63) is 67.8 Å². The molecule has 0 heterocycles. The lowest BCUT2D eigenvalue weighted by atomic mass is 9.95. The largest absolute Gasteiger partial charge is 0.324 e. The number of halogens is 1. The van der Waals surface area contributed by atoms with Gasteiger partial charge in [-0.1, -0.05) is 42.0 Å². The fourth-order valence-electron chi connectivity index (χ4n) is 2.32. The lowest BCUT2D eigenvalue weighted by Gasteiger charge is -2.17. The Morgan fingerprint density at radius 1 is 1.05 bits per heavy atom. The summed E-state index contributed by atoms with van der Waals surface area (Å²) in [6.07, 6.45) is 0.896. The van der Waals surface area contributed by atoms with Crippen LogP contribution in [0.15, 0.2) is 36.4 Å². The van der Waals surface area contributed by atoms with Crippen LogP contribution in [0.25, 0.3) is 0 Å². The summed E-state index contributed by atoms with van der Waals surface area (Å²) in [4.78, 5) is 0. The van der Waals surface area contributed by atoms with Crippen LogP contribution < -0.4 is 5.73 Å². The Balaban J connectivity index is 2.28. The number of hydrogen-bond acceptors (Lipinski definition) is 1. The highest BCUT2D eigenvalue weighted by atomic mass is 127. The second kappa shape index (κ2) is 6.06. The Morgan fingerprint density at radius 3 is 2.53 bits per heavy atom. The summed E-state index contributed by atoms with van der Waals surface area (Å²) in [5, 5.41) is 0. The molecule has 1 unspecified atom stereocenters. The van der Waals surface area contributed by atoms with Crippen molar-refractivity contribution in [1.29, 1.82) is 0 Å². The SMILES string of the molecule is Cc1ccc(C)c(CC(N)c2cccc(C)c2I)c1.